The first-order valence-electron chi connectivity index (χ1n) is 8.65. The lowest BCUT2D eigenvalue weighted by Crippen LogP contribution is -2.21. The van der Waals surface area contributed by atoms with Crippen LogP contribution in [0.1, 0.15) is 37.8 Å². The maximum absolute atomic E-state index is 12.7. The normalized spacial score (nSPS) is 10.8. The lowest BCUT2D eigenvalue weighted by Gasteiger charge is -2.08. The molecule has 2 N–H and O–H groups in total. The average molecular weight is 445 g/mol. The van der Waals surface area contributed by atoms with Crippen LogP contribution in [0.3, 0.4) is 0 Å². The Morgan fingerprint density at radius 3 is 2.57 bits per heavy atom. The number of aromatic nitrogens is 4. The largest absolute Gasteiger partial charge is 0.354 e. The summed E-state index contributed by atoms with van der Waals surface area (Å²) in [6.45, 7) is 4.48. The van der Waals surface area contributed by atoms with Crippen LogP contribution in [0.25, 0.3) is 0 Å². The Morgan fingerprint density at radius 2 is 1.93 bits per heavy atom. The molecule has 3 aromatic rings. The second-order valence-electron chi connectivity index (χ2n) is 6.44. The minimum absolute atomic E-state index is 0.169. The van der Waals surface area contributed by atoms with Crippen molar-refractivity contribution in [1.82, 2.24) is 24.9 Å². The molecule has 9 heteroatoms. The van der Waals surface area contributed by atoms with Crippen LogP contribution in [0, 0.1) is 13.8 Å². The molecule has 0 aliphatic heterocycles. The van der Waals surface area contributed by atoms with Crippen molar-refractivity contribution >= 4 is 33.4 Å². The summed E-state index contributed by atoms with van der Waals surface area (Å²) in [7, 11) is 3.21. The highest BCUT2D eigenvalue weighted by molar-refractivity contribution is 9.10. The summed E-state index contributed by atoms with van der Waals surface area (Å²) >= 11 is 3.53. The van der Waals surface area contributed by atoms with Gasteiger partial charge in [-0.3, -0.25) is 19.0 Å². The number of anilines is 1. The molecule has 2 aromatic heterocycles. The van der Waals surface area contributed by atoms with Gasteiger partial charge in [0.15, 0.2) is 5.69 Å². The lowest BCUT2D eigenvalue weighted by molar-refractivity contribution is 0.0958. The predicted molar refractivity (Wildman–Crippen MR) is 109 cm³/mol. The Hall–Kier alpha value is -2.94. The summed E-state index contributed by atoms with van der Waals surface area (Å²) in [5, 5.41) is 13.9. The van der Waals surface area contributed by atoms with Crippen molar-refractivity contribution in [3.63, 3.8) is 0 Å². The van der Waals surface area contributed by atoms with Gasteiger partial charge in [-0.2, -0.15) is 10.2 Å². The van der Waals surface area contributed by atoms with Gasteiger partial charge in [0.1, 0.15) is 0 Å². The second kappa shape index (κ2) is 7.97. The van der Waals surface area contributed by atoms with Gasteiger partial charge >= 0.3 is 0 Å². The molecular weight excluding hydrogens is 424 g/mol. The standard InChI is InChI=1S/C19H21BrN6O2/c1-11-16(20)12(2)26(23-11)9-13-6-5-7-14(8-13)18(27)22-15-10-25(4)24-17(15)19(28)21-3/h5-8,10H,9H2,1-4H3,(H,21,28)(H,22,27). The van der Waals surface area contributed by atoms with Crippen LogP contribution in [-0.4, -0.2) is 38.4 Å². The molecular formula is C19H21BrN6O2. The molecule has 1 aromatic carbocycles. The first kappa shape index (κ1) is 19.8. The van der Waals surface area contributed by atoms with E-state index in [-0.39, 0.29) is 17.5 Å². The zero-order valence-electron chi connectivity index (χ0n) is 16.1. The molecule has 0 bridgehead atoms. The monoisotopic (exact) mass is 444 g/mol. The van der Waals surface area contributed by atoms with E-state index in [4.69, 9.17) is 0 Å². The van der Waals surface area contributed by atoms with E-state index in [1.807, 2.05) is 36.7 Å². The van der Waals surface area contributed by atoms with E-state index < -0.39 is 0 Å². The summed E-state index contributed by atoms with van der Waals surface area (Å²) in [4.78, 5) is 24.6. The van der Waals surface area contributed by atoms with Gasteiger partial charge in [-0.05, 0) is 47.5 Å². The van der Waals surface area contributed by atoms with Crippen LogP contribution in [0.15, 0.2) is 34.9 Å². The zero-order chi connectivity index (χ0) is 20.4. The summed E-state index contributed by atoms with van der Waals surface area (Å²) in [5.74, 6) is -0.672. The van der Waals surface area contributed by atoms with E-state index >= 15 is 0 Å². The zero-order valence-corrected chi connectivity index (χ0v) is 17.7. The van der Waals surface area contributed by atoms with Crippen LogP contribution < -0.4 is 10.6 Å². The molecule has 3 rings (SSSR count). The molecule has 0 aliphatic carbocycles. The highest BCUT2D eigenvalue weighted by atomic mass is 79.9. The van der Waals surface area contributed by atoms with Crippen molar-refractivity contribution in [2.45, 2.75) is 20.4 Å². The van der Waals surface area contributed by atoms with Gasteiger partial charge in [0.05, 0.1) is 28.1 Å². The number of carbonyl (C=O) groups is 2. The molecule has 0 saturated heterocycles. The molecule has 2 amide bonds. The lowest BCUT2D eigenvalue weighted by atomic mass is 10.1. The number of aryl methyl sites for hydroxylation is 2. The second-order valence-corrected chi connectivity index (χ2v) is 7.23. The molecule has 28 heavy (non-hydrogen) atoms. The van der Waals surface area contributed by atoms with E-state index in [0.29, 0.717) is 17.8 Å². The van der Waals surface area contributed by atoms with Gasteiger partial charge in [0.25, 0.3) is 11.8 Å². The number of hydrogen-bond acceptors (Lipinski definition) is 4. The first-order chi connectivity index (χ1) is 13.3. The number of carbonyl (C=O) groups excluding carboxylic acids is 2. The van der Waals surface area contributed by atoms with Crippen LogP contribution in [-0.2, 0) is 13.6 Å². The number of benzene rings is 1. The fraction of sp³-hybridized carbons (Fsp3) is 0.263. The summed E-state index contributed by atoms with van der Waals surface area (Å²) in [5.41, 5.74) is 3.91. The van der Waals surface area contributed by atoms with Crippen molar-refractivity contribution in [3.05, 3.63) is 63.1 Å². The minimum atomic E-state index is -0.361. The SMILES string of the molecule is CNC(=O)c1nn(C)cc1NC(=O)c1cccc(Cn2nc(C)c(Br)c2C)c1. The molecule has 0 fully saturated rings. The third-order valence-electron chi connectivity index (χ3n) is 4.33. The molecule has 0 atom stereocenters. The van der Waals surface area contributed by atoms with Gasteiger partial charge in [0, 0.05) is 25.9 Å². The Bertz CT molecular complexity index is 1050. The maximum Gasteiger partial charge on any atom is 0.273 e. The van der Waals surface area contributed by atoms with Crippen LogP contribution in [0.2, 0.25) is 0 Å². The molecule has 0 radical (unpaired) electrons. The predicted octanol–water partition coefficient (Wildman–Crippen LogP) is 2.66. The van der Waals surface area contributed by atoms with Crippen molar-refractivity contribution in [2.24, 2.45) is 7.05 Å². The molecule has 146 valence electrons. The van der Waals surface area contributed by atoms with Crippen molar-refractivity contribution in [1.29, 1.82) is 0 Å². The highest BCUT2D eigenvalue weighted by Gasteiger charge is 2.18. The first-order valence-corrected chi connectivity index (χ1v) is 9.45. The molecule has 0 aliphatic rings. The van der Waals surface area contributed by atoms with E-state index in [1.54, 1.807) is 19.3 Å². The summed E-state index contributed by atoms with van der Waals surface area (Å²) < 4.78 is 4.36. The van der Waals surface area contributed by atoms with E-state index in [0.717, 1.165) is 21.4 Å². The average Bonchev–Trinajstić information content (AvgIpc) is 3.15. The quantitative estimate of drug-likeness (QED) is 0.632. The molecule has 0 saturated carbocycles. The third kappa shape index (κ3) is 3.99. The number of rotatable bonds is 5. The molecule has 8 nitrogen and oxygen atoms in total. The van der Waals surface area contributed by atoms with E-state index in [1.165, 1.54) is 11.7 Å². The summed E-state index contributed by atoms with van der Waals surface area (Å²) in [6.07, 6.45) is 1.60. The van der Waals surface area contributed by atoms with E-state index in [9.17, 15) is 9.59 Å². The maximum atomic E-state index is 12.7. The van der Waals surface area contributed by atoms with Gasteiger partial charge in [-0.1, -0.05) is 12.1 Å². The minimum Gasteiger partial charge on any atom is -0.354 e. The Balaban J connectivity index is 1.81. The smallest absolute Gasteiger partial charge is 0.273 e. The summed E-state index contributed by atoms with van der Waals surface area (Å²) in [6, 6.07) is 7.32. The van der Waals surface area contributed by atoms with Gasteiger partial charge in [-0.25, -0.2) is 0 Å². The molecule has 2 heterocycles. The number of nitrogens with one attached hydrogen (secondary N) is 2. The number of nitrogens with zero attached hydrogens (tertiary/aromatic N) is 4. The Morgan fingerprint density at radius 1 is 1.18 bits per heavy atom. The molecule has 0 unspecified atom stereocenters. The Labute approximate surface area is 171 Å². The number of amides is 2. The highest BCUT2D eigenvalue weighted by Crippen LogP contribution is 2.21. The third-order valence-corrected chi connectivity index (χ3v) is 5.48. The number of halogens is 1. The number of hydrogen-bond donors (Lipinski definition) is 2. The van der Waals surface area contributed by atoms with Gasteiger partial charge in [-0.15, -0.1) is 0 Å². The van der Waals surface area contributed by atoms with Gasteiger partial charge < -0.3 is 10.6 Å². The van der Waals surface area contributed by atoms with Crippen molar-refractivity contribution in [2.75, 3.05) is 12.4 Å². The fourth-order valence-corrected chi connectivity index (χ4v) is 3.16. The van der Waals surface area contributed by atoms with Crippen LogP contribution in [0.5, 0.6) is 0 Å². The molecule has 0 spiro atoms. The van der Waals surface area contributed by atoms with Crippen LogP contribution in [0.4, 0.5) is 5.69 Å². The van der Waals surface area contributed by atoms with E-state index in [2.05, 4.69) is 36.8 Å². The topological polar surface area (TPSA) is 93.8 Å². The van der Waals surface area contributed by atoms with Crippen molar-refractivity contribution < 1.29 is 9.59 Å². The Kier molecular flexibility index (Phi) is 5.64. The van der Waals surface area contributed by atoms with Gasteiger partial charge in [0.2, 0.25) is 0 Å². The fourth-order valence-electron chi connectivity index (χ4n) is 2.87. The van der Waals surface area contributed by atoms with Crippen LogP contribution >= 0.6 is 15.9 Å². The van der Waals surface area contributed by atoms with Crippen molar-refractivity contribution in [3.8, 4) is 0 Å².